The molecule has 0 saturated heterocycles. The Morgan fingerprint density at radius 1 is 1.03 bits per heavy atom. The van der Waals surface area contributed by atoms with Crippen molar-refractivity contribution in [2.75, 3.05) is 31.6 Å². The van der Waals surface area contributed by atoms with Crippen LogP contribution in [0, 0.1) is 0 Å². The van der Waals surface area contributed by atoms with Crippen molar-refractivity contribution in [1.82, 2.24) is 9.21 Å². The zero-order chi connectivity index (χ0) is 27.3. The van der Waals surface area contributed by atoms with Crippen molar-refractivity contribution in [3.05, 3.63) is 81.7 Å². The summed E-state index contributed by atoms with van der Waals surface area (Å²) < 4.78 is 32.2. The van der Waals surface area contributed by atoms with E-state index >= 15 is 0 Å². The number of ether oxygens (including phenoxy) is 1. The summed E-state index contributed by atoms with van der Waals surface area (Å²) >= 11 is 1.39. The van der Waals surface area contributed by atoms with Gasteiger partial charge in [-0.15, -0.1) is 11.3 Å². The van der Waals surface area contributed by atoms with Crippen LogP contribution < -0.4 is 5.32 Å². The Morgan fingerprint density at radius 2 is 1.71 bits per heavy atom. The van der Waals surface area contributed by atoms with Crippen LogP contribution in [0.1, 0.15) is 57.5 Å². The van der Waals surface area contributed by atoms with Crippen LogP contribution in [0.2, 0.25) is 0 Å². The molecule has 0 spiro atoms. The van der Waals surface area contributed by atoms with Crippen molar-refractivity contribution < 1.29 is 22.7 Å². The fourth-order valence-corrected chi connectivity index (χ4v) is 7.34. The zero-order valence-corrected chi connectivity index (χ0v) is 23.5. The Morgan fingerprint density at radius 3 is 2.34 bits per heavy atom. The summed E-state index contributed by atoms with van der Waals surface area (Å²) in [6, 6.07) is 16.1. The Hall–Kier alpha value is -3.05. The third kappa shape index (κ3) is 5.99. The number of amides is 1. The molecule has 2 aromatic carbocycles. The maximum atomic E-state index is 13.1. The fourth-order valence-electron chi connectivity index (χ4n) is 4.61. The molecule has 10 heteroatoms. The first kappa shape index (κ1) is 28.0. The number of nitrogens with zero attached hydrogens (tertiary/aromatic N) is 2. The molecule has 3 aromatic rings. The van der Waals surface area contributed by atoms with E-state index in [1.165, 1.54) is 45.5 Å². The van der Waals surface area contributed by atoms with Crippen molar-refractivity contribution in [3.8, 4) is 0 Å². The highest BCUT2D eigenvalue weighted by molar-refractivity contribution is 7.89. The summed E-state index contributed by atoms with van der Waals surface area (Å²) in [5.41, 5.74) is 2.86. The third-order valence-corrected chi connectivity index (χ3v) is 9.75. The van der Waals surface area contributed by atoms with Gasteiger partial charge in [0.1, 0.15) is 5.00 Å². The molecule has 1 aromatic heterocycles. The minimum Gasteiger partial charge on any atom is -0.462 e. The van der Waals surface area contributed by atoms with Crippen LogP contribution in [0.4, 0.5) is 5.00 Å². The molecule has 1 amide bonds. The largest absolute Gasteiger partial charge is 0.462 e. The van der Waals surface area contributed by atoms with E-state index in [9.17, 15) is 18.0 Å². The van der Waals surface area contributed by atoms with E-state index in [1.807, 2.05) is 18.2 Å². The number of fused-ring (bicyclic) bond motifs is 1. The van der Waals surface area contributed by atoms with Gasteiger partial charge >= 0.3 is 5.97 Å². The second-order valence-electron chi connectivity index (χ2n) is 8.94. The lowest BCUT2D eigenvalue weighted by Crippen LogP contribution is -2.30. The monoisotopic (exact) mass is 555 g/mol. The van der Waals surface area contributed by atoms with E-state index in [2.05, 4.69) is 22.3 Å². The summed E-state index contributed by atoms with van der Waals surface area (Å²) in [5.74, 6) is -0.862. The van der Waals surface area contributed by atoms with Crippen molar-refractivity contribution in [1.29, 1.82) is 0 Å². The number of carbonyl (C=O) groups excluding carboxylic acids is 2. The van der Waals surface area contributed by atoms with Gasteiger partial charge in [-0.2, -0.15) is 4.31 Å². The van der Waals surface area contributed by atoms with E-state index in [0.717, 1.165) is 23.5 Å². The molecular formula is C28H33N3O5S2. The molecule has 0 fully saturated rings. The Labute approximate surface area is 228 Å². The first-order valence-corrected chi connectivity index (χ1v) is 15.0. The molecule has 0 unspecified atom stereocenters. The van der Waals surface area contributed by atoms with Gasteiger partial charge in [0.05, 0.1) is 17.1 Å². The van der Waals surface area contributed by atoms with Crippen LogP contribution in [-0.4, -0.2) is 55.7 Å². The normalized spacial score (nSPS) is 13.8. The number of carbonyl (C=O) groups is 2. The quantitative estimate of drug-likeness (QED) is 0.362. The smallest absolute Gasteiger partial charge is 0.341 e. The van der Waals surface area contributed by atoms with E-state index in [1.54, 1.807) is 20.8 Å². The number of benzene rings is 2. The van der Waals surface area contributed by atoms with Crippen LogP contribution in [0.5, 0.6) is 0 Å². The van der Waals surface area contributed by atoms with Crippen LogP contribution in [-0.2, 0) is 34.3 Å². The lowest BCUT2D eigenvalue weighted by Gasteiger charge is -2.27. The van der Waals surface area contributed by atoms with Crippen LogP contribution >= 0.6 is 11.3 Å². The van der Waals surface area contributed by atoms with Gasteiger partial charge in [-0.05, 0) is 48.7 Å². The van der Waals surface area contributed by atoms with Gasteiger partial charge < -0.3 is 10.1 Å². The molecule has 1 aliphatic heterocycles. The SMILES string of the molecule is CCOC(=O)c1c(NC(=O)c2ccc(S(=O)(=O)N(CC)CC)cc2)sc2c1CCN(Cc1ccccc1)C2. The van der Waals surface area contributed by atoms with Gasteiger partial charge in [-0.25, -0.2) is 13.2 Å². The Bertz CT molecular complexity index is 1380. The molecule has 38 heavy (non-hydrogen) atoms. The highest BCUT2D eigenvalue weighted by Crippen LogP contribution is 2.38. The van der Waals surface area contributed by atoms with Gasteiger partial charge in [0.25, 0.3) is 5.91 Å². The number of sulfonamides is 1. The number of thiophene rings is 1. The summed E-state index contributed by atoms with van der Waals surface area (Å²) in [6.45, 7) is 8.56. The van der Waals surface area contributed by atoms with Gasteiger partial charge in [0, 0.05) is 43.2 Å². The maximum Gasteiger partial charge on any atom is 0.341 e. The number of hydrogen-bond donors (Lipinski definition) is 1. The van der Waals surface area contributed by atoms with Gasteiger partial charge in [0.2, 0.25) is 10.0 Å². The average molecular weight is 556 g/mol. The molecule has 202 valence electrons. The molecule has 4 rings (SSSR count). The molecule has 0 atom stereocenters. The number of esters is 1. The van der Waals surface area contributed by atoms with E-state index in [-0.39, 0.29) is 11.5 Å². The lowest BCUT2D eigenvalue weighted by molar-refractivity contribution is 0.0526. The molecule has 2 heterocycles. The molecule has 1 N–H and O–H groups in total. The fraction of sp³-hybridized carbons (Fsp3) is 0.357. The Balaban J connectivity index is 1.56. The first-order chi connectivity index (χ1) is 18.3. The standard InChI is InChI=1S/C28H33N3O5S2/c1-4-31(5-2)38(34,35)22-14-12-21(13-15-22)26(32)29-27-25(28(33)36-6-3)23-16-17-30(19-24(23)37-27)18-20-10-8-7-9-11-20/h7-15H,4-6,16-19H2,1-3H3,(H,29,32). The Kier molecular flexibility index (Phi) is 8.99. The molecule has 0 bridgehead atoms. The number of hydrogen-bond acceptors (Lipinski definition) is 7. The molecule has 1 aliphatic rings. The summed E-state index contributed by atoms with van der Waals surface area (Å²) in [6.07, 6.45) is 0.681. The summed E-state index contributed by atoms with van der Waals surface area (Å²) in [5, 5.41) is 3.35. The first-order valence-electron chi connectivity index (χ1n) is 12.8. The average Bonchev–Trinajstić information content (AvgIpc) is 3.27. The molecule has 0 radical (unpaired) electrons. The lowest BCUT2D eigenvalue weighted by atomic mass is 10.0. The van der Waals surface area contributed by atoms with E-state index < -0.39 is 21.9 Å². The summed E-state index contributed by atoms with van der Waals surface area (Å²) in [7, 11) is -3.62. The van der Waals surface area contributed by atoms with Crippen molar-refractivity contribution in [3.63, 3.8) is 0 Å². The number of anilines is 1. The van der Waals surface area contributed by atoms with E-state index in [4.69, 9.17) is 4.74 Å². The molecule has 0 aliphatic carbocycles. The second kappa shape index (κ2) is 12.2. The molecular weight excluding hydrogens is 522 g/mol. The number of rotatable bonds is 10. The van der Waals surface area contributed by atoms with Crippen molar-refractivity contribution >= 4 is 38.2 Å². The topological polar surface area (TPSA) is 96.0 Å². The second-order valence-corrected chi connectivity index (χ2v) is 12.0. The van der Waals surface area contributed by atoms with Gasteiger partial charge in [-0.1, -0.05) is 44.2 Å². The van der Waals surface area contributed by atoms with Crippen LogP contribution in [0.25, 0.3) is 0 Å². The number of nitrogens with one attached hydrogen (secondary N) is 1. The van der Waals surface area contributed by atoms with Crippen LogP contribution in [0.15, 0.2) is 59.5 Å². The van der Waals surface area contributed by atoms with Gasteiger partial charge in [0.15, 0.2) is 0 Å². The summed E-state index contributed by atoms with van der Waals surface area (Å²) in [4.78, 5) is 29.5. The zero-order valence-electron chi connectivity index (χ0n) is 21.9. The predicted octanol–water partition coefficient (Wildman–Crippen LogP) is 4.77. The predicted molar refractivity (Wildman–Crippen MR) is 149 cm³/mol. The highest BCUT2D eigenvalue weighted by Gasteiger charge is 2.30. The van der Waals surface area contributed by atoms with Crippen molar-refractivity contribution in [2.24, 2.45) is 0 Å². The molecule has 8 nitrogen and oxygen atoms in total. The minimum absolute atomic E-state index is 0.134. The van der Waals surface area contributed by atoms with E-state index in [0.29, 0.717) is 42.2 Å². The maximum absolute atomic E-state index is 13.1. The minimum atomic E-state index is -3.62. The van der Waals surface area contributed by atoms with Gasteiger partial charge in [-0.3, -0.25) is 9.69 Å². The van der Waals surface area contributed by atoms with Crippen molar-refractivity contribution in [2.45, 2.75) is 45.2 Å². The third-order valence-electron chi connectivity index (χ3n) is 6.55. The van der Waals surface area contributed by atoms with Crippen LogP contribution in [0.3, 0.4) is 0 Å². The highest BCUT2D eigenvalue weighted by atomic mass is 32.2. The molecule has 0 saturated carbocycles.